The van der Waals surface area contributed by atoms with Crippen LogP contribution in [0.4, 0.5) is 5.69 Å². The number of halogens is 3. The van der Waals surface area contributed by atoms with Crippen molar-refractivity contribution in [2.75, 3.05) is 18.0 Å². The van der Waals surface area contributed by atoms with E-state index in [0.29, 0.717) is 6.04 Å². The fraction of sp³-hybridized carbons (Fsp3) is 0.300. The van der Waals surface area contributed by atoms with Crippen molar-refractivity contribution < 1.29 is 0 Å². The van der Waals surface area contributed by atoms with Crippen LogP contribution in [0, 0.1) is 34.6 Å². The Hall–Kier alpha value is -3.41. The van der Waals surface area contributed by atoms with Crippen molar-refractivity contribution >= 4 is 42.9 Å². The van der Waals surface area contributed by atoms with Gasteiger partial charge in [0.2, 0.25) is 0 Å². The third-order valence-electron chi connectivity index (χ3n) is 9.31. The minimum atomic E-state index is 0. The molecule has 248 valence electrons. The van der Waals surface area contributed by atoms with Gasteiger partial charge in [0.05, 0.1) is 11.4 Å². The van der Waals surface area contributed by atoms with Crippen molar-refractivity contribution in [2.45, 2.75) is 66.6 Å². The van der Waals surface area contributed by atoms with E-state index in [4.69, 9.17) is 9.97 Å². The lowest BCUT2D eigenvalue weighted by atomic mass is 9.98. The molecule has 0 N–H and O–H groups in total. The quantitative estimate of drug-likeness (QED) is 0.162. The second kappa shape index (κ2) is 17.1. The highest BCUT2D eigenvalue weighted by atomic mass is 35.5. The van der Waals surface area contributed by atoms with E-state index in [1.54, 1.807) is 0 Å². The maximum atomic E-state index is 4.73. The number of aromatic nitrogens is 2. The predicted molar refractivity (Wildman–Crippen MR) is 206 cm³/mol. The number of anilines is 1. The van der Waals surface area contributed by atoms with Gasteiger partial charge in [-0.1, -0.05) is 41.5 Å². The molecule has 3 aromatic carbocycles. The van der Waals surface area contributed by atoms with Crippen molar-refractivity contribution in [2.24, 2.45) is 0 Å². The molecule has 1 aliphatic heterocycles. The molecule has 0 bridgehead atoms. The molecular weight excluding hydrogens is 643 g/mol. The molecule has 1 saturated heterocycles. The molecule has 4 nitrogen and oxygen atoms in total. The van der Waals surface area contributed by atoms with Gasteiger partial charge in [0.1, 0.15) is 0 Å². The first-order valence-corrected chi connectivity index (χ1v) is 15.9. The Morgan fingerprint density at radius 1 is 0.638 bits per heavy atom. The van der Waals surface area contributed by atoms with Gasteiger partial charge in [0.25, 0.3) is 0 Å². The smallest absolute Gasteiger partial charge is 0.0705 e. The van der Waals surface area contributed by atoms with Gasteiger partial charge in [-0.05, 0) is 130 Å². The average Bonchev–Trinajstić information content (AvgIpc) is 3.03. The Kier molecular flexibility index (Phi) is 13.9. The third-order valence-corrected chi connectivity index (χ3v) is 9.31. The normalized spacial score (nSPS) is 13.2. The number of hydrogen-bond donors (Lipinski definition) is 0. The van der Waals surface area contributed by atoms with Crippen LogP contribution >= 0.6 is 37.2 Å². The van der Waals surface area contributed by atoms with Crippen molar-refractivity contribution in [3.63, 3.8) is 0 Å². The van der Waals surface area contributed by atoms with Crippen LogP contribution in [0.25, 0.3) is 22.5 Å². The number of piperidine rings is 1. The van der Waals surface area contributed by atoms with E-state index in [1.165, 1.54) is 55.8 Å². The van der Waals surface area contributed by atoms with E-state index in [-0.39, 0.29) is 37.2 Å². The van der Waals surface area contributed by atoms with Crippen molar-refractivity contribution in [1.29, 1.82) is 0 Å². The zero-order chi connectivity index (χ0) is 30.6. The molecule has 0 unspecified atom stereocenters. The van der Waals surface area contributed by atoms with E-state index in [9.17, 15) is 0 Å². The molecule has 0 amide bonds. The summed E-state index contributed by atoms with van der Waals surface area (Å²) < 4.78 is 0. The number of nitrogens with zero attached hydrogens (tertiary/aromatic N) is 4. The molecule has 0 atom stereocenters. The van der Waals surface area contributed by atoms with Crippen molar-refractivity contribution in [1.82, 2.24) is 14.9 Å². The minimum Gasteiger partial charge on any atom is -0.364 e. The molecular formula is C40H47Cl3N4. The number of pyridine rings is 2. The summed E-state index contributed by atoms with van der Waals surface area (Å²) in [4.78, 5) is 14.7. The molecule has 5 aromatic rings. The molecule has 7 heteroatoms. The van der Waals surface area contributed by atoms with Crippen LogP contribution in [-0.2, 0) is 13.1 Å². The summed E-state index contributed by atoms with van der Waals surface area (Å²) in [6, 6.07) is 31.6. The highest BCUT2D eigenvalue weighted by Gasteiger charge is 2.25. The van der Waals surface area contributed by atoms with Crippen LogP contribution in [0.5, 0.6) is 0 Å². The monoisotopic (exact) mass is 688 g/mol. The highest BCUT2D eigenvalue weighted by Crippen LogP contribution is 2.29. The summed E-state index contributed by atoms with van der Waals surface area (Å²) in [5.41, 5.74) is 15.0. The summed E-state index contributed by atoms with van der Waals surface area (Å²) in [6.07, 6.45) is 6.21. The Morgan fingerprint density at radius 3 is 1.87 bits per heavy atom. The lowest BCUT2D eigenvalue weighted by Gasteiger charge is -2.40. The van der Waals surface area contributed by atoms with Gasteiger partial charge in [0.15, 0.2) is 0 Å². The van der Waals surface area contributed by atoms with Gasteiger partial charge >= 0.3 is 0 Å². The molecule has 3 heterocycles. The van der Waals surface area contributed by atoms with Crippen LogP contribution in [0.2, 0.25) is 0 Å². The SMILES string of the molecule is Cc1ccc(N(Cc2ccnc(-c3cccc(C)c3)c2)C2CCN(Cc3ccnc(-c4cc(C)c(C)c(C)c4)c3)CC2)cc1.Cl.Cl.Cl. The van der Waals surface area contributed by atoms with Crippen LogP contribution in [0.3, 0.4) is 0 Å². The molecule has 47 heavy (non-hydrogen) atoms. The van der Waals surface area contributed by atoms with Gasteiger partial charge < -0.3 is 4.90 Å². The largest absolute Gasteiger partial charge is 0.364 e. The highest BCUT2D eigenvalue weighted by molar-refractivity contribution is 5.86. The van der Waals surface area contributed by atoms with E-state index < -0.39 is 0 Å². The first-order chi connectivity index (χ1) is 21.3. The van der Waals surface area contributed by atoms with E-state index in [1.807, 2.05) is 12.4 Å². The summed E-state index contributed by atoms with van der Waals surface area (Å²) in [7, 11) is 0. The average molecular weight is 690 g/mol. The number of hydrogen-bond acceptors (Lipinski definition) is 4. The van der Waals surface area contributed by atoms with Crippen molar-refractivity contribution in [3.8, 4) is 22.5 Å². The molecule has 1 fully saturated rings. The zero-order valence-corrected chi connectivity index (χ0v) is 30.5. The fourth-order valence-corrected chi connectivity index (χ4v) is 6.46. The number of rotatable bonds is 8. The summed E-state index contributed by atoms with van der Waals surface area (Å²) in [5, 5.41) is 0. The lowest BCUT2D eigenvalue weighted by Crippen LogP contribution is -2.44. The first kappa shape index (κ1) is 38.0. The van der Waals surface area contributed by atoms with Gasteiger partial charge in [-0.3, -0.25) is 14.9 Å². The summed E-state index contributed by atoms with van der Waals surface area (Å²) in [6.45, 7) is 14.9. The second-order valence-corrected chi connectivity index (χ2v) is 12.7. The molecule has 1 aliphatic rings. The fourth-order valence-electron chi connectivity index (χ4n) is 6.46. The summed E-state index contributed by atoms with van der Waals surface area (Å²) in [5.74, 6) is 0. The summed E-state index contributed by atoms with van der Waals surface area (Å²) >= 11 is 0. The van der Waals surface area contributed by atoms with Crippen LogP contribution in [0.1, 0.15) is 51.8 Å². The Morgan fingerprint density at radius 2 is 1.23 bits per heavy atom. The molecule has 0 spiro atoms. The Balaban J connectivity index is 0.00000200. The van der Waals surface area contributed by atoms with Crippen LogP contribution in [0.15, 0.2) is 97.3 Å². The Labute approximate surface area is 299 Å². The Bertz CT molecular complexity index is 1720. The predicted octanol–water partition coefficient (Wildman–Crippen LogP) is 10.3. The molecule has 6 rings (SSSR count). The second-order valence-electron chi connectivity index (χ2n) is 12.7. The lowest BCUT2D eigenvalue weighted by molar-refractivity contribution is 0.201. The van der Waals surface area contributed by atoms with Gasteiger partial charge in [-0.15, -0.1) is 37.2 Å². The van der Waals surface area contributed by atoms with Gasteiger partial charge in [0, 0.05) is 61.4 Å². The van der Waals surface area contributed by atoms with Crippen LogP contribution in [-0.4, -0.2) is 34.0 Å². The third kappa shape index (κ3) is 9.36. The van der Waals surface area contributed by atoms with Gasteiger partial charge in [-0.25, -0.2) is 0 Å². The maximum Gasteiger partial charge on any atom is 0.0705 e. The molecule has 2 aromatic heterocycles. The van der Waals surface area contributed by atoms with E-state index >= 15 is 0 Å². The standard InChI is InChI=1S/C40H44N4.3ClH/c1-28-9-11-37(12-10-28)44(27-34-14-18-41-39(25-34)35-8-6-7-29(2)21-35)38-15-19-43(20-16-38)26-33-13-17-42-40(24-33)36-22-30(3)32(5)31(4)23-36;;;/h6-14,17-18,21-25,38H,15-16,19-20,26-27H2,1-5H3;3*1H. The number of aryl methyl sites for hydroxylation is 4. The van der Waals surface area contributed by atoms with Crippen molar-refractivity contribution in [3.05, 3.63) is 136 Å². The first-order valence-electron chi connectivity index (χ1n) is 15.9. The number of likely N-dealkylation sites (tertiary alicyclic amines) is 1. The topological polar surface area (TPSA) is 32.3 Å². The van der Waals surface area contributed by atoms with E-state index in [2.05, 4.69) is 129 Å². The minimum absolute atomic E-state index is 0. The molecule has 0 radical (unpaired) electrons. The number of benzene rings is 3. The van der Waals surface area contributed by atoms with Gasteiger partial charge in [-0.2, -0.15) is 0 Å². The molecule has 0 aliphatic carbocycles. The molecule has 0 saturated carbocycles. The van der Waals surface area contributed by atoms with Crippen LogP contribution < -0.4 is 4.90 Å². The maximum absolute atomic E-state index is 4.73. The van der Waals surface area contributed by atoms with E-state index in [0.717, 1.165) is 50.4 Å². The zero-order valence-electron chi connectivity index (χ0n) is 28.1.